The normalized spacial score (nSPS) is 17.5. The fraction of sp³-hybridized carbons (Fsp3) is 0.529. The maximum absolute atomic E-state index is 12.6. The summed E-state index contributed by atoms with van der Waals surface area (Å²) in [6, 6.07) is 4.56. The minimum absolute atomic E-state index is 0.0740. The molecule has 0 unspecified atom stereocenters. The van der Waals surface area contributed by atoms with E-state index in [4.69, 9.17) is 14.0 Å². The molecular weight excluding hydrogens is 358 g/mol. The summed E-state index contributed by atoms with van der Waals surface area (Å²) in [7, 11) is -2.18. The third kappa shape index (κ3) is 4.22. The summed E-state index contributed by atoms with van der Waals surface area (Å²) in [6.45, 7) is 2.95. The molecule has 2 heterocycles. The van der Waals surface area contributed by atoms with Crippen LogP contribution in [-0.2, 0) is 21.2 Å². The van der Waals surface area contributed by atoms with Crippen LogP contribution in [0.2, 0.25) is 0 Å². The predicted octanol–water partition coefficient (Wildman–Crippen LogP) is 2.16. The largest absolute Gasteiger partial charge is 0.496 e. The van der Waals surface area contributed by atoms with E-state index in [0.717, 1.165) is 19.3 Å². The zero-order chi connectivity index (χ0) is 18.6. The summed E-state index contributed by atoms with van der Waals surface area (Å²) in [5.41, 5.74) is 0.447. The number of aryl methyl sites for hydroxylation is 1. The molecule has 0 spiro atoms. The van der Waals surface area contributed by atoms with Crippen LogP contribution >= 0.6 is 0 Å². The molecule has 9 heteroatoms. The zero-order valence-corrected chi connectivity index (χ0v) is 15.7. The van der Waals surface area contributed by atoms with Gasteiger partial charge in [-0.1, -0.05) is 12.1 Å². The van der Waals surface area contributed by atoms with E-state index in [1.807, 2.05) is 6.92 Å². The number of sulfonamides is 1. The Morgan fingerprint density at radius 1 is 1.38 bits per heavy atom. The van der Waals surface area contributed by atoms with Gasteiger partial charge >= 0.3 is 0 Å². The van der Waals surface area contributed by atoms with Crippen molar-refractivity contribution in [3.8, 4) is 17.2 Å². The molecule has 2 aromatic rings. The molecule has 0 aliphatic carbocycles. The van der Waals surface area contributed by atoms with E-state index in [-0.39, 0.29) is 23.4 Å². The molecule has 1 saturated heterocycles. The third-order valence-corrected chi connectivity index (χ3v) is 5.60. The van der Waals surface area contributed by atoms with Gasteiger partial charge in [-0.05, 0) is 37.5 Å². The van der Waals surface area contributed by atoms with Gasteiger partial charge in [-0.25, -0.2) is 13.1 Å². The molecular formula is C17H23N3O5S. The van der Waals surface area contributed by atoms with Crippen molar-refractivity contribution in [3.63, 3.8) is 0 Å². The first kappa shape index (κ1) is 18.8. The van der Waals surface area contributed by atoms with Crippen LogP contribution in [0.3, 0.4) is 0 Å². The molecule has 0 saturated carbocycles. The minimum atomic E-state index is -3.68. The number of methoxy groups -OCH3 is 1. The monoisotopic (exact) mass is 381 g/mol. The van der Waals surface area contributed by atoms with Gasteiger partial charge in [-0.15, -0.1) is 0 Å². The van der Waals surface area contributed by atoms with Crippen molar-refractivity contribution in [2.45, 2.75) is 43.6 Å². The van der Waals surface area contributed by atoms with Crippen LogP contribution < -0.4 is 9.46 Å². The summed E-state index contributed by atoms with van der Waals surface area (Å²) in [5, 5.41) is 3.91. The molecule has 1 atom stereocenters. The van der Waals surface area contributed by atoms with Crippen molar-refractivity contribution < 1.29 is 22.4 Å². The second kappa shape index (κ2) is 8.15. The average molecular weight is 381 g/mol. The number of ether oxygens (including phenoxy) is 2. The minimum Gasteiger partial charge on any atom is -0.496 e. The first-order chi connectivity index (χ1) is 12.5. The Hall–Kier alpha value is -1.97. The lowest BCUT2D eigenvalue weighted by molar-refractivity contribution is 0.114. The molecule has 0 bridgehead atoms. The number of hydrogen-bond acceptors (Lipinski definition) is 7. The molecule has 0 radical (unpaired) electrons. The Bertz CT molecular complexity index is 844. The van der Waals surface area contributed by atoms with Crippen LogP contribution in [0.1, 0.15) is 32.0 Å². The zero-order valence-electron chi connectivity index (χ0n) is 14.9. The highest BCUT2D eigenvalue weighted by molar-refractivity contribution is 7.89. The summed E-state index contributed by atoms with van der Waals surface area (Å²) >= 11 is 0. The van der Waals surface area contributed by atoms with E-state index >= 15 is 0 Å². The Morgan fingerprint density at radius 3 is 2.92 bits per heavy atom. The van der Waals surface area contributed by atoms with E-state index in [9.17, 15) is 8.42 Å². The molecule has 3 rings (SSSR count). The van der Waals surface area contributed by atoms with Crippen LogP contribution in [0.25, 0.3) is 11.5 Å². The van der Waals surface area contributed by atoms with Gasteiger partial charge in [-0.3, -0.25) is 0 Å². The van der Waals surface area contributed by atoms with E-state index in [1.165, 1.54) is 19.2 Å². The lowest BCUT2D eigenvalue weighted by Gasteiger charge is -2.12. The lowest BCUT2D eigenvalue weighted by atomic mass is 10.2. The second-order valence-corrected chi connectivity index (χ2v) is 7.88. The third-order valence-electron chi connectivity index (χ3n) is 4.18. The number of hydrogen-bond donors (Lipinski definition) is 1. The number of aromatic nitrogens is 2. The summed E-state index contributed by atoms with van der Waals surface area (Å²) in [6.07, 6.45) is 3.31. The SMILES string of the molecule is CCCc1noc(-c2cc(S(=O)(=O)NC[C@@H]3CCCO3)ccc2OC)n1. The smallest absolute Gasteiger partial charge is 0.261 e. The van der Waals surface area contributed by atoms with Gasteiger partial charge in [0.05, 0.1) is 23.7 Å². The Morgan fingerprint density at radius 2 is 2.23 bits per heavy atom. The molecule has 1 aromatic heterocycles. The molecule has 0 amide bonds. The van der Waals surface area contributed by atoms with E-state index in [0.29, 0.717) is 30.2 Å². The van der Waals surface area contributed by atoms with Gasteiger partial charge in [0, 0.05) is 19.6 Å². The second-order valence-electron chi connectivity index (χ2n) is 6.11. The summed E-state index contributed by atoms with van der Waals surface area (Å²) < 4.78 is 43.9. The van der Waals surface area contributed by atoms with Gasteiger partial charge in [0.25, 0.3) is 5.89 Å². The van der Waals surface area contributed by atoms with E-state index < -0.39 is 10.0 Å². The van der Waals surface area contributed by atoms with Gasteiger partial charge in [0.15, 0.2) is 5.82 Å². The van der Waals surface area contributed by atoms with Crippen molar-refractivity contribution in [2.24, 2.45) is 0 Å². The molecule has 8 nitrogen and oxygen atoms in total. The van der Waals surface area contributed by atoms with E-state index in [1.54, 1.807) is 6.07 Å². The highest BCUT2D eigenvalue weighted by atomic mass is 32.2. The molecule has 1 aliphatic rings. The van der Waals surface area contributed by atoms with Crippen molar-refractivity contribution in [1.82, 2.24) is 14.9 Å². The molecule has 142 valence electrons. The van der Waals surface area contributed by atoms with Gasteiger partial charge in [-0.2, -0.15) is 4.98 Å². The molecule has 1 fully saturated rings. The molecule has 1 N–H and O–H groups in total. The average Bonchev–Trinajstić information content (AvgIpc) is 3.32. The van der Waals surface area contributed by atoms with Crippen molar-refractivity contribution >= 4 is 10.0 Å². The Kier molecular flexibility index (Phi) is 5.90. The lowest BCUT2D eigenvalue weighted by Crippen LogP contribution is -2.31. The standard InChI is InChI=1S/C17H23N3O5S/c1-3-5-16-19-17(25-20-16)14-10-13(7-8-15(14)23-2)26(21,22)18-11-12-6-4-9-24-12/h7-8,10,12,18H,3-6,9,11H2,1-2H3/t12-/m0/s1. The first-order valence-corrected chi connectivity index (χ1v) is 10.1. The Balaban J connectivity index is 1.85. The van der Waals surface area contributed by atoms with Crippen molar-refractivity contribution in [1.29, 1.82) is 0 Å². The number of nitrogens with zero attached hydrogens (tertiary/aromatic N) is 2. The highest BCUT2D eigenvalue weighted by Crippen LogP contribution is 2.31. The topological polar surface area (TPSA) is 104 Å². The van der Waals surface area contributed by atoms with Gasteiger partial charge < -0.3 is 14.0 Å². The summed E-state index contributed by atoms with van der Waals surface area (Å²) in [5.74, 6) is 1.28. The molecule has 1 aromatic carbocycles. The van der Waals surface area contributed by atoms with Crippen LogP contribution in [0, 0.1) is 0 Å². The quantitative estimate of drug-likeness (QED) is 0.747. The van der Waals surface area contributed by atoms with Crippen molar-refractivity contribution in [3.05, 3.63) is 24.0 Å². The number of nitrogens with one attached hydrogen (secondary N) is 1. The Labute approximate surface area is 152 Å². The van der Waals surface area contributed by atoms with E-state index in [2.05, 4.69) is 14.9 Å². The first-order valence-electron chi connectivity index (χ1n) is 8.65. The predicted molar refractivity (Wildman–Crippen MR) is 94.4 cm³/mol. The molecule has 1 aliphatic heterocycles. The number of rotatable bonds is 8. The maximum Gasteiger partial charge on any atom is 0.261 e. The van der Waals surface area contributed by atoms with Crippen LogP contribution in [0.4, 0.5) is 0 Å². The molecule has 26 heavy (non-hydrogen) atoms. The van der Waals surface area contributed by atoms with Crippen molar-refractivity contribution in [2.75, 3.05) is 20.3 Å². The van der Waals surface area contributed by atoms with Crippen LogP contribution in [0.15, 0.2) is 27.6 Å². The highest BCUT2D eigenvalue weighted by Gasteiger charge is 2.23. The number of benzene rings is 1. The fourth-order valence-electron chi connectivity index (χ4n) is 2.80. The van der Waals surface area contributed by atoms with Crippen LogP contribution in [0.5, 0.6) is 5.75 Å². The maximum atomic E-state index is 12.6. The summed E-state index contributed by atoms with van der Waals surface area (Å²) in [4.78, 5) is 4.43. The van der Waals surface area contributed by atoms with Gasteiger partial charge in [0.2, 0.25) is 10.0 Å². The fourth-order valence-corrected chi connectivity index (χ4v) is 3.89. The van der Waals surface area contributed by atoms with Crippen LogP contribution in [-0.4, -0.2) is 44.9 Å². The van der Waals surface area contributed by atoms with Gasteiger partial charge in [0.1, 0.15) is 5.75 Å².